The predicted octanol–water partition coefficient (Wildman–Crippen LogP) is -0.122. The van der Waals surface area contributed by atoms with Crippen LogP contribution in [0.15, 0.2) is 10.3 Å². The number of nitrogens with one attached hydrogen (secondary N) is 1. The fraction of sp³-hybridized carbons (Fsp3) is 0.556. The van der Waals surface area contributed by atoms with Crippen LogP contribution in [0.5, 0.6) is 0 Å². The molecule has 0 radical (unpaired) electrons. The maximum Gasteiger partial charge on any atom is 0.306 e. The lowest BCUT2D eigenvalue weighted by Crippen LogP contribution is -2.46. The molecular weight excluding hydrogens is 306 g/mol. The minimum Gasteiger partial charge on any atom is -0.310 e. The molecule has 1 fully saturated rings. The first-order valence-corrected chi connectivity index (χ1v) is 8.05. The molecule has 0 atom stereocenters. The lowest BCUT2D eigenvalue weighted by molar-refractivity contribution is -0.383. The Kier molecular flexibility index (Phi) is 4.25. The van der Waals surface area contributed by atoms with E-state index in [-0.39, 0.29) is 14.9 Å². The van der Waals surface area contributed by atoms with Gasteiger partial charge in [0.15, 0.2) is 5.00 Å². The quantitative estimate of drug-likeness (QED) is 0.450. The Morgan fingerprint density at radius 3 is 2.45 bits per heavy atom. The largest absolute Gasteiger partial charge is 0.310 e. The highest BCUT2D eigenvalue weighted by molar-refractivity contribution is 7.91. The van der Waals surface area contributed by atoms with Gasteiger partial charge in [0.25, 0.3) is 10.0 Å². The zero-order chi connectivity index (χ0) is 14.9. The van der Waals surface area contributed by atoms with Crippen LogP contribution in [0.3, 0.4) is 0 Å². The molecule has 0 aromatic carbocycles. The van der Waals surface area contributed by atoms with Crippen LogP contribution >= 0.6 is 11.3 Å². The van der Waals surface area contributed by atoms with Crippen LogP contribution in [-0.2, 0) is 10.0 Å². The van der Waals surface area contributed by atoms with E-state index < -0.39 is 14.9 Å². The normalized spacial score (nSPS) is 18.1. The first-order chi connectivity index (χ1) is 9.36. The molecule has 0 aliphatic carbocycles. The molecule has 1 aromatic rings. The Hall–Kier alpha value is -1.27. The summed E-state index contributed by atoms with van der Waals surface area (Å²) in [5.41, 5.74) is 1.84. The number of hydrogen-bond acceptors (Lipinski definition) is 8. The van der Waals surface area contributed by atoms with Crippen LogP contribution in [0.1, 0.15) is 0 Å². The van der Waals surface area contributed by atoms with Crippen LogP contribution in [-0.4, -0.2) is 55.8 Å². The predicted molar refractivity (Wildman–Crippen MR) is 75.0 cm³/mol. The highest BCUT2D eigenvalue weighted by Crippen LogP contribution is 2.37. The van der Waals surface area contributed by atoms with Gasteiger partial charge in [0, 0.05) is 32.2 Å². The molecule has 2 heterocycles. The Morgan fingerprint density at radius 1 is 1.40 bits per heavy atom. The third kappa shape index (κ3) is 2.76. The zero-order valence-electron chi connectivity index (χ0n) is 10.8. The molecule has 0 unspecified atom stereocenters. The van der Waals surface area contributed by atoms with Gasteiger partial charge in [-0.2, -0.15) is 4.31 Å². The van der Waals surface area contributed by atoms with Crippen LogP contribution < -0.4 is 11.3 Å². The third-order valence-electron chi connectivity index (χ3n) is 3.07. The average molecular weight is 321 g/mol. The van der Waals surface area contributed by atoms with Gasteiger partial charge in [-0.05, 0) is 7.05 Å². The van der Waals surface area contributed by atoms with Crippen LogP contribution in [0.4, 0.5) is 10.7 Å². The van der Waals surface area contributed by atoms with E-state index in [2.05, 4.69) is 5.43 Å². The second kappa shape index (κ2) is 5.61. The van der Waals surface area contributed by atoms with E-state index in [4.69, 9.17) is 5.84 Å². The number of nitrogens with zero attached hydrogens (tertiary/aromatic N) is 3. The summed E-state index contributed by atoms with van der Waals surface area (Å²) >= 11 is 0.768. The number of likely N-dealkylation sites (N-methyl/N-ethyl adjacent to an activating group) is 1. The zero-order valence-corrected chi connectivity index (χ0v) is 12.4. The minimum atomic E-state index is -3.71. The maximum atomic E-state index is 12.4. The number of nitrogens with two attached hydrogens (primary N) is 1. The number of rotatable bonds is 4. The van der Waals surface area contributed by atoms with Gasteiger partial charge in [0.1, 0.15) is 4.21 Å². The van der Waals surface area contributed by atoms with Crippen molar-refractivity contribution in [2.24, 2.45) is 5.84 Å². The molecule has 1 saturated heterocycles. The SMILES string of the molecule is CN1CCN(S(=O)(=O)c2cc([N+](=O)[O-])c(NN)s2)CC1. The Balaban J connectivity index is 2.32. The lowest BCUT2D eigenvalue weighted by atomic mass is 10.4. The first kappa shape index (κ1) is 15.1. The van der Waals surface area contributed by atoms with Crippen molar-refractivity contribution in [3.63, 3.8) is 0 Å². The van der Waals surface area contributed by atoms with Gasteiger partial charge in [-0.3, -0.25) is 10.1 Å². The number of hydrogen-bond donors (Lipinski definition) is 2. The van der Waals surface area contributed by atoms with Gasteiger partial charge in [0.2, 0.25) is 0 Å². The Morgan fingerprint density at radius 2 is 2.00 bits per heavy atom. The lowest BCUT2D eigenvalue weighted by Gasteiger charge is -2.31. The van der Waals surface area contributed by atoms with Crippen molar-refractivity contribution >= 4 is 32.0 Å². The van der Waals surface area contributed by atoms with E-state index in [1.807, 2.05) is 11.9 Å². The second-order valence-electron chi connectivity index (χ2n) is 4.39. The number of sulfonamides is 1. The van der Waals surface area contributed by atoms with Crippen molar-refractivity contribution in [3.05, 3.63) is 16.2 Å². The summed E-state index contributed by atoms with van der Waals surface area (Å²) in [6.07, 6.45) is 0. The van der Waals surface area contributed by atoms with Crippen molar-refractivity contribution < 1.29 is 13.3 Å². The summed E-state index contributed by atoms with van der Waals surface area (Å²) in [5.74, 6) is 5.18. The van der Waals surface area contributed by atoms with E-state index in [1.165, 1.54) is 4.31 Å². The van der Waals surface area contributed by atoms with E-state index in [0.717, 1.165) is 17.4 Å². The van der Waals surface area contributed by atoms with E-state index in [1.54, 1.807) is 0 Å². The highest BCUT2D eigenvalue weighted by Gasteiger charge is 2.32. The van der Waals surface area contributed by atoms with Crippen molar-refractivity contribution in [2.45, 2.75) is 4.21 Å². The summed E-state index contributed by atoms with van der Waals surface area (Å²) in [4.78, 5) is 12.2. The smallest absolute Gasteiger partial charge is 0.306 e. The number of hydrazine groups is 1. The van der Waals surface area contributed by atoms with Gasteiger partial charge in [-0.15, -0.1) is 0 Å². The second-order valence-corrected chi connectivity index (χ2v) is 7.61. The number of thiophene rings is 1. The van der Waals surface area contributed by atoms with E-state index in [9.17, 15) is 18.5 Å². The molecule has 1 aliphatic heterocycles. The fourth-order valence-electron chi connectivity index (χ4n) is 1.88. The number of nitro groups is 1. The molecule has 0 saturated carbocycles. The molecule has 0 bridgehead atoms. The average Bonchev–Trinajstić information content (AvgIpc) is 2.84. The summed E-state index contributed by atoms with van der Waals surface area (Å²) in [6, 6.07) is 1.05. The van der Waals surface area contributed by atoms with Crippen LogP contribution in [0.25, 0.3) is 0 Å². The van der Waals surface area contributed by atoms with Gasteiger partial charge in [-0.25, -0.2) is 14.3 Å². The fourth-order valence-corrected chi connectivity index (χ4v) is 4.70. The minimum absolute atomic E-state index is 0.0303. The molecule has 0 spiro atoms. The molecule has 1 aliphatic rings. The summed E-state index contributed by atoms with van der Waals surface area (Å²) < 4.78 is 26.1. The molecular formula is C9H15N5O4S2. The third-order valence-corrected chi connectivity index (χ3v) is 6.48. The summed E-state index contributed by atoms with van der Waals surface area (Å²) in [5, 5.41) is 10.9. The number of anilines is 1. The molecule has 9 nitrogen and oxygen atoms in total. The molecule has 20 heavy (non-hydrogen) atoms. The highest BCUT2D eigenvalue weighted by atomic mass is 32.2. The topological polar surface area (TPSA) is 122 Å². The number of piperazine rings is 1. The molecule has 3 N–H and O–H groups in total. The Bertz CT molecular complexity index is 606. The van der Waals surface area contributed by atoms with Crippen LogP contribution in [0, 0.1) is 10.1 Å². The maximum absolute atomic E-state index is 12.4. The van der Waals surface area contributed by atoms with Crippen molar-refractivity contribution in [2.75, 3.05) is 38.7 Å². The summed E-state index contributed by atoms with van der Waals surface area (Å²) in [6.45, 7) is 2.01. The standard InChI is InChI=1S/C9H15N5O4S2/c1-12-2-4-13(5-3-12)20(17,18)8-6-7(14(15)16)9(11-10)19-8/h6,11H,2-5,10H2,1H3. The van der Waals surface area contributed by atoms with Gasteiger partial charge >= 0.3 is 5.69 Å². The van der Waals surface area contributed by atoms with Crippen LogP contribution in [0.2, 0.25) is 0 Å². The molecule has 1 aromatic heterocycles. The Labute approximate surface area is 120 Å². The monoisotopic (exact) mass is 321 g/mol. The summed E-state index contributed by atoms with van der Waals surface area (Å²) in [7, 11) is -1.79. The molecule has 11 heteroatoms. The number of nitrogen functional groups attached to an aromatic ring is 1. The van der Waals surface area contributed by atoms with Gasteiger partial charge in [-0.1, -0.05) is 11.3 Å². The first-order valence-electron chi connectivity index (χ1n) is 5.80. The van der Waals surface area contributed by atoms with Crippen molar-refractivity contribution in [1.29, 1.82) is 0 Å². The van der Waals surface area contributed by atoms with Crippen molar-refractivity contribution in [3.8, 4) is 0 Å². The molecule has 2 rings (SSSR count). The van der Waals surface area contributed by atoms with Gasteiger partial charge in [0.05, 0.1) is 4.92 Å². The van der Waals surface area contributed by atoms with E-state index >= 15 is 0 Å². The molecule has 112 valence electrons. The van der Waals surface area contributed by atoms with E-state index in [0.29, 0.717) is 26.2 Å². The van der Waals surface area contributed by atoms with Gasteiger partial charge < -0.3 is 10.3 Å². The molecule has 0 amide bonds. The van der Waals surface area contributed by atoms with Crippen molar-refractivity contribution in [1.82, 2.24) is 9.21 Å².